The number of phosphoric acid groups is 2. The molecule has 0 aliphatic carbocycles. The predicted molar refractivity (Wildman–Crippen MR) is 303 cm³/mol. The molecule has 0 aromatic rings. The lowest BCUT2D eigenvalue weighted by atomic mass is 10.00. The third kappa shape index (κ3) is 51.9. The molecule has 0 bridgehead atoms. The van der Waals surface area contributed by atoms with Crippen molar-refractivity contribution in [3.05, 3.63) is 0 Å². The second kappa shape index (κ2) is 48.7. The standard InChI is InChI=1S/C58H112O17P2/c1-9-51(8)37-29-21-13-17-23-31-39-56(61)69-45-54(75-58(63)41-33-25-16-12-20-28-36-50(6)7)47-73-77(66,67)71-43-52(59)42-70-76(64,65)72-46-53(74-57(62)40-32-24-15-11-19-27-35-49(4)5)44-68-55(60)38-30-22-14-10-18-26-34-48(2)3/h48-54,59H,9-47H2,1-8H3,(H,64,65)(H,66,67)/t51?,52-,53+,54+/m0/s1. The molecule has 3 N–H and O–H groups in total. The van der Waals surface area contributed by atoms with E-state index in [1.165, 1.54) is 57.8 Å². The minimum absolute atomic E-state index is 0.1000. The summed E-state index contributed by atoms with van der Waals surface area (Å²) in [5.41, 5.74) is 0. The largest absolute Gasteiger partial charge is 0.472 e. The van der Waals surface area contributed by atoms with Crippen molar-refractivity contribution in [1.29, 1.82) is 0 Å². The number of ether oxygens (including phenoxy) is 4. The lowest BCUT2D eigenvalue weighted by molar-refractivity contribution is -0.161. The first-order chi connectivity index (χ1) is 36.6. The highest BCUT2D eigenvalue weighted by Crippen LogP contribution is 2.45. The smallest absolute Gasteiger partial charge is 0.462 e. The summed E-state index contributed by atoms with van der Waals surface area (Å²) in [6.45, 7) is 13.7. The number of rotatable bonds is 55. The molecule has 0 heterocycles. The molecule has 3 unspecified atom stereocenters. The first-order valence-electron chi connectivity index (χ1n) is 30.2. The van der Waals surface area contributed by atoms with Crippen molar-refractivity contribution in [2.45, 2.75) is 286 Å². The Kier molecular flexibility index (Phi) is 47.5. The van der Waals surface area contributed by atoms with Gasteiger partial charge in [-0.25, -0.2) is 9.13 Å². The molecule has 0 aliphatic heterocycles. The van der Waals surface area contributed by atoms with Gasteiger partial charge >= 0.3 is 39.5 Å². The van der Waals surface area contributed by atoms with Crippen LogP contribution >= 0.6 is 15.6 Å². The number of aliphatic hydroxyl groups is 1. The van der Waals surface area contributed by atoms with Crippen LogP contribution in [0.4, 0.5) is 0 Å². The van der Waals surface area contributed by atoms with Crippen molar-refractivity contribution < 1.29 is 80.2 Å². The van der Waals surface area contributed by atoms with Crippen molar-refractivity contribution in [3.8, 4) is 0 Å². The van der Waals surface area contributed by atoms with Crippen LogP contribution in [0.2, 0.25) is 0 Å². The minimum Gasteiger partial charge on any atom is -0.462 e. The van der Waals surface area contributed by atoms with Gasteiger partial charge in [0.05, 0.1) is 26.4 Å². The first-order valence-corrected chi connectivity index (χ1v) is 33.2. The topological polar surface area (TPSA) is 237 Å². The number of carbonyl (C=O) groups excluding carboxylic acids is 4. The SMILES string of the molecule is CCC(C)CCCCCCCCC(=O)OC[C@H](COP(=O)(O)OC[C@@H](O)COP(=O)(O)OC[C@@H](COC(=O)CCCCCCCCC(C)C)OC(=O)CCCCCCCCC(C)C)OC(=O)CCCCCCCCC(C)C. The molecule has 0 saturated carbocycles. The van der Waals surface area contributed by atoms with Gasteiger partial charge in [-0.3, -0.25) is 37.3 Å². The summed E-state index contributed by atoms with van der Waals surface area (Å²) >= 11 is 0. The molecule has 0 aromatic carbocycles. The van der Waals surface area contributed by atoms with Crippen LogP contribution < -0.4 is 0 Å². The number of esters is 4. The van der Waals surface area contributed by atoms with Crippen molar-refractivity contribution in [1.82, 2.24) is 0 Å². The Hall–Kier alpha value is -1.94. The highest BCUT2D eigenvalue weighted by atomic mass is 31.2. The number of hydrogen-bond acceptors (Lipinski definition) is 15. The average Bonchev–Trinajstić information content (AvgIpc) is 3.37. The summed E-state index contributed by atoms with van der Waals surface area (Å²) in [7, 11) is -9.87. The molecule has 19 heteroatoms. The van der Waals surface area contributed by atoms with Gasteiger partial charge in [0, 0.05) is 25.7 Å². The Bertz CT molecular complexity index is 1560. The summed E-state index contributed by atoms with van der Waals surface area (Å²) in [4.78, 5) is 71.8. The van der Waals surface area contributed by atoms with E-state index in [0.717, 1.165) is 109 Å². The van der Waals surface area contributed by atoms with Crippen LogP contribution in [0.25, 0.3) is 0 Å². The normalized spacial score (nSPS) is 15.0. The average molecular weight is 1140 g/mol. The lowest BCUT2D eigenvalue weighted by Gasteiger charge is -2.21. The summed E-state index contributed by atoms with van der Waals surface area (Å²) in [5.74, 6) is 0.592. The lowest BCUT2D eigenvalue weighted by Crippen LogP contribution is -2.30. The molecule has 0 rings (SSSR count). The van der Waals surface area contributed by atoms with Crippen molar-refractivity contribution >= 4 is 39.5 Å². The molecule has 0 radical (unpaired) electrons. The van der Waals surface area contributed by atoms with Crippen LogP contribution in [0.3, 0.4) is 0 Å². The fourth-order valence-corrected chi connectivity index (χ4v) is 9.92. The highest BCUT2D eigenvalue weighted by molar-refractivity contribution is 7.47. The molecular formula is C58H112O17P2. The van der Waals surface area contributed by atoms with E-state index in [1.54, 1.807) is 0 Å². The zero-order valence-corrected chi connectivity index (χ0v) is 51.4. The third-order valence-corrected chi connectivity index (χ3v) is 15.3. The van der Waals surface area contributed by atoms with Crippen LogP contribution in [0.5, 0.6) is 0 Å². The van der Waals surface area contributed by atoms with E-state index in [4.69, 9.17) is 37.0 Å². The summed E-state index contributed by atoms with van der Waals surface area (Å²) in [5, 5.41) is 10.5. The predicted octanol–water partition coefficient (Wildman–Crippen LogP) is 15.0. The number of carbonyl (C=O) groups is 4. The molecule has 0 aliphatic rings. The minimum atomic E-state index is -4.94. The van der Waals surface area contributed by atoms with Crippen molar-refractivity contribution in [2.24, 2.45) is 23.7 Å². The highest BCUT2D eigenvalue weighted by Gasteiger charge is 2.30. The molecule has 6 atom stereocenters. The fourth-order valence-electron chi connectivity index (χ4n) is 8.34. The molecule has 17 nitrogen and oxygen atoms in total. The van der Waals surface area contributed by atoms with Crippen molar-refractivity contribution in [3.63, 3.8) is 0 Å². The maximum absolute atomic E-state index is 12.9. The van der Waals surface area contributed by atoms with Gasteiger partial charge in [-0.15, -0.1) is 0 Å². The van der Waals surface area contributed by atoms with Crippen molar-refractivity contribution in [2.75, 3.05) is 39.6 Å². The molecule has 0 aromatic heterocycles. The molecule has 456 valence electrons. The number of unbranched alkanes of at least 4 members (excludes halogenated alkanes) is 20. The van der Waals surface area contributed by atoms with Gasteiger partial charge in [0.25, 0.3) is 0 Å². The first kappa shape index (κ1) is 75.1. The third-order valence-electron chi connectivity index (χ3n) is 13.4. The fraction of sp³-hybridized carbons (Fsp3) is 0.931. The zero-order valence-electron chi connectivity index (χ0n) is 49.6. The van der Waals surface area contributed by atoms with Crippen LogP contribution in [-0.4, -0.2) is 96.7 Å². The van der Waals surface area contributed by atoms with Crippen LogP contribution in [0.1, 0.15) is 267 Å². The van der Waals surface area contributed by atoms with Gasteiger partial charge in [-0.05, 0) is 49.4 Å². The van der Waals surface area contributed by atoms with Gasteiger partial charge in [0.15, 0.2) is 12.2 Å². The Morgan fingerprint density at radius 2 is 0.623 bits per heavy atom. The molecule has 0 saturated heterocycles. The van der Waals surface area contributed by atoms with Gasteiger partial charge in [0.2, 0.25) is 0 Å². The van der Waals surface area contributed by atoms with E-state index < -0.39 is 97.5 Å². The van der Waals surface area contributed by atoms with E-state index in [-0.39, 0.29) is 25.7 Å². The van der Waals surface area contributed by atoms with E-state index in [0.29, 0.717) is 43.4 Å². The molecule has 0 amide bonds. The van der Waals surface area contributed by atoms with E-state index in [2.05, 4.69) is 55.4 Å². The molecular weight excluding hydrogens is 1030 g/mol. The van der Waals surface area contributed by atoms with Gasteiger partial charge in [0.1, 0.15) is 19.3 Å². The molecule has 0 fully saturated rings. The maximum atomic E-state index is 12.9. The number of aliphatic hydroxyl groups excluding tert-OH is 1. The second-order valence-corrected chi connectivity index (χ2v) is 25.6. The summed E-state index contributed by atoms with van der Waals surface area (Å²) in [6.07, 6.45) is 25.8. The monoisotopic (exact) mass is 1140 g/mol. The van der Waals surface area contributed by atoms with Crippen LogP contribution in [0, 0.1) is 23.7 Å². The Morgan fingerprint density at radius 3 is 0.922 bits per heavy atom. The maximum Gasteiger partial charge on any atom is 0.472 e. The van der Waals surface area contributed by atoms with Crippen LogP contribution in [-0.2, 0) is 65.4 Å². The number of hydrogen-bond donors (Lipinski definition) is 3. The Morgan fingerprint density at radius 1 is 0.364 bits per heavy atom. The van der Waals surface area contributed by atoms with E-state index in [1.807, 2.05) is 0 Å². The number of phosphoric ester groups is 2. The van der Waals surface area contributed by atoms with E-state index in [9.17, 15) is 43.2 Å². The quantitative estimate of drug-likeness (QED) is 0.0222. The summed E-state index contributed by atoms with van der Waals surface area (Å²) in [6, 6.07) is 0. The van der Waals surface area contributed by atoms with Gasteiger partial charge in [-0.2, -0.15) is 0 Å². The van der Waals surface area contributed by atoms with E-state index >= 15 is 0 Å². The zero-order chi connectivity index (χ0) is 57.6. The molecule has 77 heavy (non-hydrogen) atoms. The summed E-state index contributed by atoms with van der Waals surface area (Å²) < 4.78 is 67.6. The van der Waals surface area contributed by atoms with Crippen LogP contribution in [0.15, 0.2) is 0 Å². The Balaban J connectivity index is 5.24. The Labute approximate surface area is 467 Å². The van der Waals surface area contributed by atoms with Gasteiger partial charge in [-0.1, -0.05) is 216 Å². The van der Waals surface area contributed by atoms with Gasteiger partial charge < -0.3 is 33.8 Å². The molecule has 0 spiro atoms. The second-order valence-electron chi connectivity index (χ2n) is 22.7.